The molecule has 0 saturated carbocycles. The number of halogens is 2. The van der Waals surface area contributed by atoms with E-state index in [-0.39, 0.29) is 16.7 Å². The third-order valence-corrected chi connectivity index (χ3v) is 3.59. The van der Waals surface area contributed by atoms with Gasteiger partial charge >= 0.3 is 0 Å². The number of aryl methyl sites for hydroxylation is 2. The maximum atomic E-state index is 13.7. The topological polar surface area (TPSA) is 41.1 Å². The molecule has 2 aromatic carbocycles. The van der Waals surface area contributed by atoms with Crippen LogP contribution in [0.2, 0.25) is 0 Å². The van der Waals surface area contributed by atoms with Gasteiger partial charge in [-0.1, -0.05) is 33.1 Å². The summed E-state index contributed by atoms with van der Waals surface area (Å²) >= 11 is 8.23. The Kier molecular flexibility index (Phi) is 5.26. The summed E-state index contributed by atoms with van der Waals surface area (Å²) in [6, 6.07) is 10.0. The van der Waals surface area contributed by atoms with Crippen LogP contribution in [0.25, 0.3) is 0 Å². The van der Waals surface area contributed by atoms with Crippen LogP contribution in [-0.2, 0) is 0 Å². The minimum Gasteiger partial charge on any atom is -0.330 e. The minimum atomic E-state index is -0.461. The Bertz CT molecular complexity index is 729. The third kappa shape index (κ3) is 4.35. The first-order chi connectivity index (χ1) is 10.3. The number of amides is 1. The van der Waals surface area contributed by atoms with E-state index in [4.69, 9.17) is 12.2 Å². The summed E-state index contributed by atoms with van der Waals surface area (Å²) in [5, 5.41) is 5.26. The summed E-state index contributed by atoms with van der Waals surface area (Å²) in [7, 11) is 0. The van der Waals surface area contributed by atoms with Gasteiger partial charge in [0.25, 0.3) is 5.91 Å². The predicted octanol–water partition coefficient (Wildman–Crippen LogP) is 4.33. The average molecular weight is 381 g/mol. The number of hydrogen-bond acceptors (Lipinski definition) is 2. The Morgan fingerprint density at radius 3 is 2.36 bits per heavy atom. The van der Waals surface area contributed by atoms with Gasteiger partial charge in [0.05, 0.1) is 5.69 Å². The molecular weight excluding hydrogens is 367 g/mol. The summed E-state index contributed by atoms with van der Waals surface area (Å²) in [6.45, 7) is 3.83. The van der Waals surface area contributed by atoms with Crippen LogP contribution >= 0.6 is 28.1 Å². The van der Waals surface area contributed by atoms with E-state index in [1.165, 1.54) is 12.1 Å². The molecule has 114 valence electrons. The predicted molar refractivity (Wildman–Crippen MR) is 93.7 cm³/mol. The molecule has 0 aliphatic carbocycles. The van der Waals surface area contributed by atoms with Gasteiger partial charge in [-0.3, -0.25) is 10.1 Å². The number of hydrogen-bond donors (Lipinski definition) is 2. The van der Waals surface area contributed by atoms with Crippen LogP contribution in [0.3, 0.4) is 0 Å². The van der Waals surface area contributed by atoms with E-state index in [0.717, 1.165) is 11.1 Å². The van der Waals surface area contributed by atoms with Crippen molar-refractivity contribution >= 4 is 44.9 Å². The molecule has 0 aliphatic heterocycles. The van der Waals surface area contributed by atoms with Crippen molar-refractivity contribution in [3.05, 3.63) is 63.4 Å². The first-order valence-corrected chi connectivity index (χ1v) is 7.71. The average Bonchev–Trinajstić information content (AvgIpc) is 2.40. The van der Waals surface area contributed by atoms with E-state index in [1.807, 2.05) is 19.9 Å². The van der Waals surface area contributed by atoms with Crippen molar-refractivity contribution in [1.82, 2.24) is 5.32 Å². The van der Waals surface area contributed by atoms with Crippen molar-refractivity contribution < 1.29 is 9.18 Å². The second kappa shape index (κ2) is 6.98. The zero-order valence-corrected chi connectivity index (χ0v) is 14.4. The number of thiocarbonyl (C=S) groups is 1. The minimum absolute atomic E-state index is 0.0466. The molecule has 6 heteroatoms. The van der Waals surface area contributed by atoms with Crippen LogP contribution in [0.4, 0.5) is 10.1 Å². The molecule has 2 rings (SSSR count). The second-order valence-corrected chi connectivity index (χ2v) is 6.23. The lowest BCUT2D eigenvalue weighted by atomic mass is 10.1. The van der Waals surface area contributed by atoms with Gasteiger partial charge in [0.1, 0.15) is 5.82 Å². The number of rotatable bonds is 2. The van der Waals surface area contributed by atoms with Crippen molar-refractivity contribution in [2.24, 2.45) is 0 Å². The number of carbonyl (C=O) groups excluding carboxylic acids is 1. The summed E-state index contributed by atoms with van der Waals surface area (Å²) < 4.78 is 14.3. The summed E-state index contributed by atoms with van der Waals surface area (Å²) in [6.07, 6.45) is 0. The van der Waals surface area contributed by atoms with E-state index in [9.17, 15) is 9.18 Å². The fraction of sp³-hybridized carbons (Fsp3) is 0.125. The van der Waals surface area contributed by atoms with E-state index in [0.29, 0.717) is 10.0 Å². The summed E-state index contributed by atoms with van der Waals surface area (Å²) in [5.74, 6) is -0.792. The molecule has 0 saturated heterocycles. The Balaban J connectivity index is 2.06. The molecule has 0 aliphatic rings. The quantitative estimate of drug-likeness (QED) is 0.761. The highest BCUT2D eigenvalue weighted by molar-refractivity contribution is 9.10. The van der Waals surface area contributed by atoms with Crippen molar-refractivity contribution in [3.8, 4) is 0 Å². The number of carbonyl (C=O) groups is 1. The smallest absolute Gasteiger partial charge is 0.257 e. The van der Waals surface area contributed by atoms with Gasteiger partial charge in [0, 0.05) is 10.0 Å². The first-order valence-electron chi connectivity index (χ1n) is 6.51. The molecule has 0 radical (unpaired) electrons. The summed E-state index contributed by atoms with van der Waals surface area (Å²) in [5.41, 5.74) is 2.69. The number of anilines is 1. The number of nitrogens with one attached hydrogen (secondary N) is 2. The maximum absolute atomic E-state index is 13.7. The number of benzene rings is 2. The van der Waals surface area contributed by atoms with E-state index in [1.54, 1.807) is 18.2 Å². The lowest BCUT2D eigenvalue weighted by Crippen LogP contribution is -2.34. The lowest BCUT2D eigenvalue weighted by molar-refractivity contribution is 0.0977. The first kappa shape index (κ1) is 16.6. The van der Waals surface area contributed by atoms with Crippen LogP contribution in [-0.4, -0.2) is 11.0 Å². The largest absolute Gasteiger partial charge is 0.330 e. The highest BCUT2D eigenvalue weighted by atomic mass is 79.9. The van der Waals surface area contributed by atoms with Crippen molar-refractivity contribution in [1.29, 1.82) is 0 Å². The van der Waals surface area contributed by atoms with Gasteiger partial charge in [0.2, 0.25) is 0 Å². The molecule has 0 unspecified atom stereocenters. The Morgan fingerprint density at radius 2 is 1.77 bits per heavy atom. The molecule has 0 bridgehead atoms. The van der Waals surface area contributed by atoms with E-state index >= 15 is 0 Å². The normalized spacial score (nSPS) is 10.2. The van der Waals surface area contributed by atoms with Gasteiger partial charge in [-0.15, -0.1) is 0 Å². The van der Waals surface area contributed by atoms with Gasteiger partial charge < -0.3 is 5.32 Å². The van der Waals surface area contributed by atoms with Crippen LogP contribution in [0.1, 0.15) is 21.5 Å². The highest BCUT2D eigenvalue weighted by Gasteiger charge is 2.10. The van der Waals surface area contributed by atoms with Crippen molar-refractivity contribution in [2.75, 3.05) is 5.32 Å². The molecule has 0 spiro atoms. The van der Waals surface area contributed by atoms with Crippen molar-refractivity contribution in [3.63, 3.8) is 0 Å². The van der Waals surface area contributed by atoms with Gasteiger partial charge in [0.15, 0.2) is 5.11 Å². The van der Waals surface area contributed by atoms with Gasteiger partial charge in [-0.2, -0.15) is 0 Å². The SMILES string of the molecule is Cc1cc(C)cc(C(=O)NC(=S)Nc2ccc(Br)cc2F)c1. The lowest BCUT2D eigenvalue weighted by Gasteiger charge is -2.11. The van der Waals surface area contributed by atoms with Crippen LogP contribution < -0.4 is 10.6 Å². The molecule has 0 aromatic heterocycles. The zero-order chi connectivity index (χ0) is 16.3. The Labute approximate surface area is 142 Å². The molecular formula is C16H14BrFN2OS. The Hall–Kier alpha value is -1.79. The Morgan fingerprint density at radius 1 is 1.14 bits per heavy atom. The maximum Gasteiger partial charge on any atom is 0.257 e. The van der Waals surface area contributed by atoms with Gasteiger partial charge in [-0.25, -0.2) is 4.39 Å². The fourth-order valence-electron chi connectivity index (χ4n) is 2.03. The van der Waals surface area contributed by atoms with Crippen molar-refractivity contribution in [2.45, 2.75) is 13.8 Å². The molecule has 3 nitrogen and oxygen atoms in total. The molecule has 1 amide bonds. The second-order valence-electron chi connectivity index (χ2n) is 4.91. The van der Waals surface area contributed by atoms with E-state index in [2.05, 4.69) is 26.6 Å². The third-order valence-electron chi connectivity index (χ3n) is 2.89. The van der Waals surface area contributed by atoms with Crippen LogP contribution in [0.5, 0.6) is 0 Å². The molecule has 0 heterocycles. The van der Waals surface area contributed by atoms with E-state index < -0.39 is 5.82 Å². The van der Waals surface area contributed by atoms with Crippen LogP contribution in [0.15, 0.2) is 40.9 Å². The monoisotopic (exact) mass is 380 g/mol. The highest BCUT2D eigenvalue weighted by Crippen LogP contribution is 2.19. The fourth-order valence-corrected chi connectivity index (χ4v) is 2.56. The molecule has 0 fully saturated rings. The molecule has 2 aromatic rings. The standard InChI is InChI=1S/C16H14BrFN2OS/c1-9-5-10(2)7-11(6-9)15(21)20-16(22)19-14-4-3-12(17)8-13(14)18/h3-8H,1-2H3,(H2,19,20,21,22). The van der Waals surface area contributed by atoms with Crippen LogP contribution in [0, 0.1) is 19.7 Å². The molecule has 2 N–H and O–H groups in total. The summed E-state index contributed by atoms with van der Waals surface area (Å²) in [4.78, 5) is 12.1. The molecule has 22 heavy (non-hydrogen) atoms. The van der Waals surface area contributed by atoms with Gasteiger partial charge in [-0.05, 0) is 56.4 Å². The molecule has 0 atom stereocenters. The zero-order valence-electron chi connectivity index (χ0n) is 12.0.